The second-order valence-corrected chi connectivity index (χ2v) is 8.77. The van der Waals surface area contributed by atoms with Gasteiger partial charge >= 0.3 is 18.0 Å². The maximum atomic E-state index is 12.5. The van der Waals surface area contributed by atoms with Crippen LogP contribution in [0, 0.1) is 0 Å². The van der Waals surface area contributed by atoms with Crippen molar-refractivity contribution in [3.63, 3.8) is 0 Å². The largest absolute Gasteiger partial charge is 0.480 e. The number of benzene rings is 2. The van der Waals surface area contributed by atoms with Crippen LogP contribution in [0.2, 0.25) is 0 Å². The Morgan fingerprint density at radius 1 is 1.03 bits per heavy atom. The fourth-order valence-corrected chi connectivity index (χ4v) is 3.67. The number of hydrogen-bond donors (Lipinski definition) is 2. The third-order valence-corrected chi connectivity index (χ3v) is 5.72. The molecular formula is C28H34BrN3O6. The first-order valence-electron chi connectivity index (χ1n) is 12.4. The molecule has 0 radical (unpaired) electrons. The second-order valence-electron chi connectivity index (χ2n) is 8.21. The molecule has 38 heavy (non-hydrogen) atoms. The van der Waals surface area contributed by atoms with Gasteiger partial charge in [-0.3, -0.25) is 9.59 Å². The first-order chi connectivity index (χ1) is 18.4. The standard InChI is InChI=1S/C24H27N3O4.C4H7BrO2/c1-2-3-14-20(26-24(30)31-17-18-10-6-4-7-11-18)23-25-21(15-27(23)16-22(28)29)19-12-8-5-9-13-19;1-2-7-4(6)3-5/h4-13,15,20H,2-3,14,16-17H2,1H3,(H,26,30)(H,28,29);2-3H2,1H3/t20-;/m0./s1. The molecule has 3 aromatic rings. The number of nitrogens with one attached hydrogen (secondary N) is 1. The van der Waals surface area contributed by atoms with Crippen LogP contribution in [-0.2, 0) is 32.2 Å². The summed E-state index contributed by atoms with van der Waals surface area (Å²) in [6.45, 7) is 4.22. The van der Waals surface area contributed by atoms with Gasteiger partial charge < -0.3 is 24.5 Å². The first kappa shape index (κ1) is 30.6. The zero-order valence-corrected chi connectivity index (χ0v) is 23.2. The number of carbonyl (C=O) groups is 3. The summed E-state index contributed by atoms with van der Waals surface area (Å²) >= 11 is 2.94. The third kappa shape index (κ3) is 10.8. The van der Waals surface area contributed by atoms with Gasteiger partial charge in [0.25, 0.3) is 0 Å². The topological polar surface area (TPSA) is 120 Å². The molecule has 1 atom stereocenters. The molecule has 0 aliphatic carbocycles. The molecule has 2 N–H and O–H groups in total. The van der Waals surface area contributed by atoms with Gasteiger partial charge in [-0.2, -0.15) is 0 Å². The van der Waals surface area contributed by atoms with E-state index < -0.39 is 18.1 Å². The van der Waals surface area contributed by atoms with E-state index in [1.165, 1.54) is 0 Å². The highest BCUT2D eigenvalue weighted by atomic mass is 79.9. The lowest BCUT2D eigenvalue weighted by Crippen LogP contribution is -2.31. The van der Waals surface area contributed by atoms with Crippen molar-refractivity contribution in [1.29, 1.82) is 0 Å². The molecule has 1 amide bonds. The zero-order valence-electron chi connectivity index (χ0n) is 21.6. The maximum Gasteiger partial charge on any atom is 0.408 e. The van der Waals surface area contributed by atoms with Gasteiger partial charge in [-0.25, -0.2) is 9.78 Å². The molecule has 3 rings (SSSR count). The summed E-state index contributed by atoms with van der Waals surface area (Å²) in [5.74, 6) is -0.673. The number of nitrogens with zero attached hydrogens (tertiary/aromatic N) is 2. The molecule has 0 aliphatic rings. The summed E-state index contributed by atoms with van der Waals surface area (Å²) in [5, 5.41) is 12.5. The summed E-state index contributed by atoms with van der Waals surface area (Å²) < 4.78 is 11.5. The Labute approximate surface area is 231 Å². The number of hydrogen-bond acceptors (Lipinski definition) is 6. The highest BCUT2D eigenvalue weighted by Crippen LogP contribution is 2.25. The number of imidazole rings is 1. The van der Waals surface area contributed by atoms with Gasteiger partial charge in [0.05, 0.1) is 18.3 Å². The van der Waals surface area contributed by atoms with E-state index >= 15 is 0 Å². The van der Waals surface area contributed by atoms with Crippen LogP contribution in [0.4, 0.5) is 4.79 Å². The van der Waals surface area contributed by atoms with E-state index in [2.05, 4.69) is 37.9 Å². The molecule has 2 aromatic carbocycles. The molecule has 0 spiro atoms. The lowest BCUT2D eigenvalue weighted by Gasteiger charge is -2.19. The molecule has 1 aromatic heterocycles. The average molecular weight is 588 g/mol. The van der Waals surface area contributed by atoms with Gasteiger partial charge in [0.1, 0.15) is 24.3 Å². The van der Waals surface area contributed by atoms with Crippen molar-refractivity contribution in [3.8, 4) is 11.3 Å². The fourth-order valence-electron chi connectivity index (χ4n) is 3.51. The molecule has 0 saturated carbocycles. The van der Waals surface area contributed by atoms with E-state index in [-0.39, 0.29) is 19.1 Å². The van der Waals surface area contributed by atoms with E-state index in [4.69, 9.17) is 4.74 Å². The Bertz CT molecular complexity index is 1140. The molecule has 9 nitrogen and oxygen atoms in total. The van der Waals surface area contributed by atoms with E-state index in [1.807, 2.05) is 60.7 Å². The van der Waals surface area contributed by atoms with Crippen molar-refractivity contribution in [3.05, 3.63) is 78.2 Å². The summed E-state index contributed by atoms with van der Waals surface area (Å²) in [6.07, 6.45) is 3.57. The highest BCUT2D eigenvalue weighted by molar-refractivity contribution is 9.09. The van der Waals surface area contributed by atoms with Crippen LogP contribution in [0.1, 0.15) is 50.5 Å². The minimum atomic E-state index is -0.973. The second kappa shape index (κ2) is 17.0. The Kier molecular flexibility index (Phi) is 13.6. The minimum absolute atomic E-state index is 0.159. The van der Waals surface area contributed by atoms with Gasteiger partial charge in [-0.05, 0) is 18.9 Å². The van der Waals surface area contributed by atoms with Crippen LogP contribution < -0.4 is 5.32 Å². The number of carbonyl (C=O) groups excluding carboxylic acids is 2. The molecule has 0 aliphatic heterocycles. The van der Waals surface area contributed by atoms with Crippen molar-refractivity contribution in [1.82, 2.24) is 14.9 Å². The smallest absolute Gasteiger partial charge is 0.408 e. The molecule has 10 heteroatoms. The molecule has 1 heterocycles. The predicted octanol–water partition coefficient (Wildman–Crippen LogP) is 5.74. The third-order valence-electron chi connectivity index (χ3n) is 5.26. The number of amides is 1. The first-order valence-corrected chi connectivity index (χ1v) is 13.5. The van der Waals surface area contributed by atoms with Crippen LogP contribution in [0.5, 0.6) is 0 Å². The molecule has 0 unspecified atom stereocenters. The van der Waals surface area contributed by atoms with Crippen molar-refractivity contribution in [2.24, 2.45) is 0 Å². The lowest BCUT2D eigenvalue weighted by molar-refractivity contribution is -0.140. The minimum Gasteiger partial charge on any atom is -0.480 e. The van der Waals surface area contributed by atoms with Crippen LogP contribution in [0.3, 0.4) is 0 Å². The van der Waals surface area contributed by atoms with E-state index in [0.717, 1.165) is 24.0 Å². The van der Waals surface area contributed by atoms with Crippen LogP contribution in [0.25, 0.3) is 11.3 Å². The number of halogens is 1. The lowest BCUT2D eigenvalue weighted by atomic mass is 10.1. The van der Waals surface area contributed by atoms with E-state index in [9.17, 15) is 19.5 Å². The van der Waals surface area contributed by atoms with Crippen LogP contribution in [-0.4, -0.2) is 44.6 Å². The van der Waals surface area contributed by atoms with Gasteiger partial charge in [0.2, 0.25) is 0 Å². The van der Waals surface area contributed by atoms with E-state index in [0.29, 0.717) is 29.9 Å². The van der Waals surface area contributed by atoms with Gasteiger partial charge in [-0.15, -0.1) is 0 Å². The molecule has 204 valence electrons. The summed E-state index contributed by atoms with van der Waals surface area (Å²) in [4.78, 5) is 38.7. The Morgan fingerprint density at radius 2 is 1.68 bits per heavy atom. The Hall–Kier alpha value is -3.66. The van der Waals surface area contributed by atoms with Crippen molar-refractivity contribution >= 4 is 34.0 Å². The van der Waals surface area contributed by atoms with E-state index in [1.54, 1.807) is 17.7 Å². The number of alkyl carbamates (subject to hydrolysis) is 1. The number of unbranched alkanes of at least 4 members (excludes halogenated alkanes) is 1. The molecule has 0 bridgehead atoms. The summed E-state index contributed by atoms with van der Waals surface area (Å²) in [7, 11) is 0. The number of alkyl halides is 1. The van der Waals surface area contributed by atoms with Gasteiger partial charge in [0, 0.05) is 11.8 Å². The van der Waals surface area contributed by atoms with Crippen LogP contribution >= 0.6 is 15.9 Å². The predicted molar refractivity (Wildman–Crippen MR) is 148 cm³/mol. The van der Waals surface area contributed by atoms with Crippen molar-refractivity contribution < 1.29 is 29.0 Å². The van der Waals surface area contributed by atoms with Gasteiger partial charge in [-0.1, -0.05) is 96.4 Å². The zero-order chi connectivity index (χ0) is 27.8. The average Bonchev–Trinajstić information content (AvgIpc) is 3.34. The Morgan fingerprint density at radius 3 is 2.24 bits per heavy atom. The number of aliphatic carboxylic acids is 1. The normalized spacial score (nSPS) is 11.0. The molecular weight excluding hydrogens is 554 g/mol. The Balaban J connectivity index is 0.000000638. The highest BCUT2D eigenvalue weighted by Gasteiger charge is 2.23. The van der Waals surface area contributed by atoms with Crippen molar-refractivity contribution in [2.75, 3.05) is 11.9 Å². The number of carboxylic acid groups (broad SMARTS) is 1. The van der Waals surface area contributed by atoms with Crippen LogP contribution in [0.15, 0.2) is 66.9 Å². The fraction of sp³-hybridized carbons (Fsp3) is 0.357. The van der Waals surface area contributed by atoms with Crippen molar-refractivity contribution in [2.45, 2.75) is 52.3 Å². The summed E-state index contributed by atoms with van der Waals surface area (Å²) in [5.41, 5.74) is 2.44. The number of ether oxygens (including phenoxy) is 2. The maximum absolute atomic E-state index is 12.5. The SMILES string of the molecule is CCCC[C@H](NC(=O)OCc1ccccc1)c1nc(-c2ccccc2)cn1CC(=O)O.CCOC(=O)CBr. The number of carboxylic acids is 1. The molecule has 0 fully saturated rings. The summed E-state index contributed by atoms with van der Waals surface area (Å²) in [6, 6.07) is 18.5. The monoisotopic (exact) mass is 587 g/mol. The van der Waals surface area contributed by atoms with Gasteiger partial charge in [0.15, 0.2) is 0 Å². The number of esters is 1. The number of aromatic nitrogens is 2. The molecule has 0 saturated heterocycles. The number of rotatable bonds is 12. The quantitative estimate of drug-likeness (QED) is 0.205.